The van der Waals surface area contributed by atoms with E-state index in [4.69, 9.17) is 4.74 Å². The summed E-state index contributed by atoms with van der Waals surface area (Å²) in [5, 5.41) is 13.6. The fraction of sp³-hybridized carbons (Fsp3) is 0.750. The van der Waals surface area contributed by atoms with Gasteiger partial charge < -0.3 is 9.84 Å². The van der Waals surface area contributed by atoms with Crippen molar-refractivity contribution in [1.29, 1.82) is 0 Å². The van der Waals surface area contributed by atoms with Crippen LogP contribution in [0, 0.1) is 6.92 Å². The number of ether oxygens (including phenoxy) is 1. The second-order valence-corrected chi connectivity index (χ2v) is 4.04. The van der Waals surface area contributed by atoms with Gasteiger partial charge in [0.05, 0.1) is 19.3 Å². The predicted molar refractivity (Wildman–Crippen MR) is 63.9 cm³/mol. The molecule has 0 radical (unpaired) electrons. The first kappa shape index (κ1) is 13.0. The van der Waals surface area contributed by atoms with Crippen molar-refractivity contribution in [3.63, 3.8) is 0 Å². The molecular formula is C12H22N2O2. The topological polar surface area (TPSA) is 47.3 Å². The molecule has 0 saturated heterocycles. The van der Waals surface area contributed by atoms with Crippen LogP contribution in [0.25, 0.3) is 0 Å². The molecule has 0 aliphatic heterocycles. The molecule has 1 aromatic heterocycles. The minimum absolute atomic E-state index is 0.00876. The lowest BCUT2D eigenvalue weighted by Gasteiger charge is -2.12. The van der Waals surface area contributed by atoms with Crippen LogP contribution in [0.15, 0.2) is 0 Å². The number of hydrogen-bond acceptors (Lipinski definition) is 3. The molecule has 92 valence electrons. The van der Waals surface area contributed by atoms with Crippen molar-refractivity contribution in [3.8, 4) is 5.88 Å². The Labute approximate surface area is 97.2 Å². The molecule has 4 heteroatoms. The third-order valence-corrected chi connectivity index (χ3v) is 2.68. The van der Waals surface area contributed by atoms with E-state index >= 15 is 0 Å². The Morgan fingerprint density at radius 2 is 2.12 bits per heavy atom. The fourth-order valence-corrected chi connectivity index (χ4v) is 1.78. The number of aromatic nitrogens is 2. The van der Waals surface area contributed by atoms with Gasteiger partial charge in [-0.15, -0.1) is 5.10 Å². The molecule has 16 heavy (non-hydrogen) atoms. The van der Waals surface area contributed by atoms with Gasteiger partial charge in [-0.1, -0.05) is 13.3 Å². The van der Waals surface area contributed by atoms with Gasteiger partial charge in [0.1, 0.15) is 0 Å². The SMILES string of the molecule is CCCc1c(C)c(OCC)nn1[C@@H](C)CO. The third-order valence-electron chi connectivity index (χ3n) is 2.68. The molecule has 0 aromatic carbocycles. The van der Waals surface area contributed by atoms with E-state index in [2.05, 4.69) is 12.0 Å². The van der Waals surface area contributed by atoms with Gasteiger partial charge in [0.15, 0.2) is 0 Å². The highest BCUT2D eigenvalue weighted by Crippen LogP contribution is 2.24. The Balaban J connectivity index is 3.08. The van der Waals surface area contributed by atoms with Gasteiger partial charge in [0.2, 0.25) is 5.88 Å². The van der Waals surface area contributed by atoms with Crippen LogP contribution in [0.2, 0.25) is 0 Å². The number of rotatable bonds is 6. The monoisotopic (exact) mass is 226 g/mol. The maximum Gasteiger partial charge on any atom is 0.235 e. The van der Waals surface area contributed by atoms with Gasteiger partial charge in [-0.3, -0.25) is 4.68 Å². The number of aliphatic hydroxyl groups excluding tert-OH is 1. The molecule has 0 saturated carbocycles. The second kappa shape index (κ2) is 5.89. The Morgan fingerprint density at radius 3 is 2.62 bits per heavy atom. The van der Waals surface area contributed by atoms with E-state index in [1.54, 1.807) is 0 Å². The average molecular weight is 226 g/mol. The number of nitrogens with zero attached hydrogens (tertiary/aromatic N) is 2. The van der Waals surface area contributed by atoms with E-state index in [1.165, 1.54) is 5.69 Å². The standard InChI is InChI=1S/C12H22N2O2/c1-5-7-11-10(4)12(16-6-2)13-14(11)9(3)8-15/h9,15H,5-8H2,1-4H3/t9-/m0/s1. The first-order valence-corrected chi connectivity index (χ1v) is 5.97. The highest BCUT2D eigenvalue weighted by atomic mass is 16.5. The summed E-state index contributed by atoms with van der Waals surface area (Å²) in [6.07, 6.45) is 2.03. The van der Waals surface area contributed by atoms with Crippen molar-refractivity contribution in [2.45, 2.75) is 46.6 Å². The van der Waals surface area contributed by atoms with Crippen LogP contribution in [0.3, 0.4) is 0 Å². The van der Waals surface area contributed by atoms with Crippen LogP contribution in [0.4, 0.5) is 0 Å². The molecule has 1 N–H and O–H groups in total. The Morgan fingerprint density at radius 1 is 1.44 bits per heavy atom. The Hall–Kier alpha value is -1.03. The average Bonchev–Trinajstić information content (AvgIpc) is 2.58. The lowest BCUT2D eigenvalue weighted by molar-refractivity contribution is 0.223. The summed E-state index contributed by atoms with van der Waals surface area (Å²) in [7, 11) is 0. The zero-order valence-corrected chi connectivity index (χ0v) is 10.7. The molecule has 0 unspecified atom stereocenters. The lowest BCUT2D eigenvalue weighted by Crippen LogP contribution is -2.14. The van der Waals surface area contributed by atoms with E-state index in [-0.39, 0.29) is 12.6 Å². The highest BCUT2D eigenvalue weighted by molar-refractivity contribution is 5.30. The summed E-state index contributed by atoms with van der Waals surface area (Å²) in [4.78, 5) is 0. The van der Waals surface area contributed by atoms with Crippen LogP contribution >= 0.6 is 0 Å². The van der Waals surface area contributed by atoms with E-state index in [0.29, 0.717) is 12.5 Å². The maximum absolute atomic E-state index is 9.21. The van der Waals surface area contributed by atoms with Crippen molar-refractivity contribution in [3.05, 3.63) is 11.3 Å². The second-order valence-electron chi connectivity index (χ2n) is 4.04. The minimum atomic E-state index is 0.00876. The van der Waals surface area contributed by atoms with Crippen molar-refractivity contribution in [2.24, 2.45) is 0 Å². The summed E-state index contributed by atoms with van der Waals surface area (Å²) in [5.74, 6) is 0.700. The van der Waals surface area contributed by atoms with Crippen LogP contribution in [0.1, 0.15) is 44.5 Å². The van der Waals surface area contributed by atoms with Crippen molar-refractivity contribution in [1.82, 2.24) is 9.78 Å². The molecule has 1 rings (SSSR count). The molecule has 1 aromatic rings. The zero-order valence-electron chi connectivity index (χ0n) is 10.7. The number of aliphatic hydroxyl groups is 1. The molecule has 0 aliphatic carbocycles. The van der Waals surface area contributed by atoms with Crippen molar-refractivity contribution in [2.75, 3.05) is 13.2 Å². The number of hydrogen-bond donors (Lipinski definition) is 1. The lowest BCUT2D eigenvalue weighted by atomic mass is 10.1. The van der Waals surface area contributed by atoms with Crippen LogP contribution < -0.4 is 4.74 Å². The molecular weight excluding hydrogens is 204 g/mol. The first-order valence-electron chi connectivity index (χ1n) is 5.97. The third kappa shape index (κ3) is 2.55. The van der Waals surface area contributed by atoms with Crippen LogP contribution in [0.5, 0.6) is 5.88 Å². The van der Waals surface area contributed by atoms with E-state index in [0.717, 1.165) is 18.4 Å². The van der Waals surface area contributed by atoms with Crippen molar-refractivity contribution < 1.29 is 9.84 Å². The normalized spacial score (nSPS) is 12.8. The van der Waals surface area contributed by atoms with E-state index in [1.807, 2.05) is 25.5 Å². The van der Waals surface area contributed by atoms with Crippen LogP contribution in [-0.2, 0) is 6.42 Å². The summed E-state index contributed by atoms with van der Waals surface area (Å²) in [5.41, 5.74) is 2.27. The Kier molecular flexibility index (Phi) is 4.80. The minimum Gasteiger partial charge on any atom is -0.477 e. The van der Waals surface area contributed by atoms with Gasteiger partial charge in [0, 0.05) is 11.3 Å². The molecule has 1 atom stereocenters. The quantitative estimate of drug-likeness (QED) is 0.808. The van der Waals surface area contributed by atoms with E-state index < -0.39 is 0 Å². The highest BCUT2D eigenvalue weighted by Gasteiger charge is 2.17. The zero-order chi connectivity index (χ0) is 12.1. The first-order chi connectivity index (χ1) is 7.65. The summed E-state index contributed by atoms with van der Waals surface area (Å²) in [6.45, 7) is 8.80. The molecule has 0 fully saturated rings. The van der Waals surface area contributed by atoms with Gasteiger partial charge in [0.25, 0.3) is 0 Å². The maximum atomic E-state index is 9.21. The molecule has 0 aliphatic rings. The smallest absolute Gasteiger partial charge is 0.235 e. The molecule has 1 heterocycles. The summed E-state index contributed by atoms with van der Waals surface area (Å²) < 4.78 is 7.38. The van der Waals surface area contributed by atoms with Gasteiger partial charge in [-0.2, -0.15) is 0 Å². The van der Waals surface area contributed by atoms with Gasteiger partial charge in [-0.05, 0) is 27.2 Å². The predicted octanol–water partition coefficient (Wildman–Crippen LogP) is 2.10. The molecule has 0 amide bonds. The summed E-state index contributed by atoms with van der Waals surface area (Å²) in [6, 6.07) is 0.00876. The summed E-state index contributed by atoms with van der Waals surface area (Å²) >= 11 is 0. The molecule has 4 nitrogen and oxygen atoms in total. The molecule has 0 spiro atoms. The van der Waals surface area contributed by atoms with E-state index in [9.17, 15) is 5.11 Å². The van der Waals surface area contributed by atoms with Gasteiger partial charge >= 0.3 is 0 Å². The largest absolute Gasteiger partial charge is 0.477 e. The van der Waals surface area contributed by atoms with Crippen LogP contribution in [-0.4, -0.2) is 28.1 Å². The van der Waals surface area contributed by atoms with Gasteiger partial charge in [-0.25, -0.2) is 0 Å². The van der Waals surface area contributed by atoms with Crippen molar-refractivity contribution >= 4 is 0 Å². The molecule has 0 bridgehead atoms. The Bertz CT molecular complexity index is 334. The fourth-order valence-electron chi connectivity index (χ4n) is 1.78.